The Morgan fingerprint density at radius 1 is 1.08 bits per heavy atom. The van der Waals surface area contributed by atoms with Crippen LogP contribution in [0, 0.1) is 6.92 Å². The first-order valence-corrected chi connectivity index (χ1v) is 8.28. The molecule has 4 nitrogen and oxygen atoms in total. The zero-order valence-corrected chi connectivity index (χ0v) is 15.6. The number of aryl methyl sites for hydroxylation is 1. The summed E-state index contributed by atoms with van der Waals surface area (Å²) in [5.74, 6) is 1.14. The number of methoxy groups -OCH3 is 2. The second-order valence-corrected chi connectivity index (χ2v) is 6.55. The van der Waals surface area contributed by atoms with E-state index in [1.165, 1.54) is 0 Å². The Morgan fingerprint density at radius 3 is 2.46 bits per heavy atom. The van der Waals surface area contributed by atoms with E-state index in [1.807, 2.05) is 13.0 Å². The van der Waals surface area contributed by atoms with Crippen LogP contribution in [0.3, 0.4) is 0 Å². The molecule has 0 N–H and O–H groups in total. The van der Waals surface area contributed by atoms with E-state index in [-0.39, 0.29) is 0 Å². The van der Waals surface area contributed by atoms with Crippen molar-refractivity contribution in [3.8, 4) is 22.6 Å². The molecule has 0 radical (unpaired) electrons. The lowest BCUT2D eigenvalue weighted by Crippen LogP contribution is -2.06. The smallest absolute Gasteiger partial charge is 0.344 e. The molecule has 0 fully saturated rings. The zero-order chi connectivity index (χ0) is 17.4. The molecule has 0 bridgehead atoms. The van der Waals surface area contributed by atoms with E-state index in [1.54, 1.807) is 38.5 Å². The van der Waals surface area contributed by atoms with Gasteiger partial charge in [0.1, 0.15) is 0 Å². The second kappa shape index (κ2) is 6.49. The van der Waals surface area contributed by atoms with Gasteiger partial charge in [-0.15, -0.1) is 0 Å². The Balaban J connectivity index is 2.33. The van der Waals surface area contributed by atoms with E-state index in [4.69, 9.17) is 25.5 Å². The van der Waals surface area contributed by atoms with Crippen molar-refractivity contribution in [1.29, 1.82) is 0 Å². The molecule has 0 spiro atoms. The maximum atomic E-state index is 12.5. The predicted octanol–water partition coefficient (Wildman–Crippen LogP) is 5.20. The van der Waals surface area contributed by atoms with Gasteiger partial charge in [-0.25, -0.2) is 4.79 Å². The van der Waals surface area contributed by atoms with Gasteiger partial charge in [-0.2, -0.15) is 0 Å². The highest BCUT2D eigenvalue weighted by Crippen LogP contribution is 2.36. The van der Waals surface area contributed by atoms with Crippen molar-refractivity contribution in [2.24, 2.45) is 0 Å². The first-order valence-electron chi connectivity index (χ1n) is 7.11. The quantitative estimate of drug-likeness (QED) is 0.558. The second-order valence-electron chi connectivity index (χ2n) is 5.22. The number of benzene rings is 2. The molecule has 0 atom stereocenters. The third-order valence-electron chi connectivity index (χ3n) is 3.86. The van der Waals surface area contributed by atoms with Crippen molar-refractivity contribution in [1.82, 2.24) is 0 Å². The number of ether oxygens (including phenoxy) is 2. The van der Waals surface area contributed by atoms with E-state index < -0.39 is 5.63 Å². The monoisotopic (exact) mass is 408 g/mol. The number of fused-ring (bicyclic) bond motifs is 1. The molecule has 0 aliphatic rings. The normalized spacial score (nSPS) is 10.9. The molecule has 1 aromatic heterocycles. The fourth-order valence-electron chi connectivity index (χ4n) is 2.70. The lowest BCUT2D eigenvalue weighted by molar-refractivity contribution is 0.355. The van der Waals surface area contributed by atoms with Gasteiger partial charge in [-0.3, -0.25) is 0 Å². The highest BCUT2D eigenvalue weighted by molar-refractivity contribution is 9.10. The molecule has 0 aliphatic carbocycles. The Labute approximate surface area is 152 Å². The summed E-state index contributed by atoms with van der Waals surface area (Å²) in [5.41, 5.74) is 1.88. The summed E-state index contributed by atoms with van der Waals surface area (Å²) in [6.45, 7) is 1.87. The summed E-state index contributed by atoms with van der Waals surface area (Å²) in [6, 6.07) is 8.88. The lowest BCUT2D eigenvalue weighted by atomic mass is 9.99. The maximum Gasteiger partial charge on any atom is 0.344 e. The molecule has 6 heteroatoms. The van der Waals surface area contributed by atoms with Crippen LogP contribution in [-0.2, 0) is 0 Å². The van der Waals surface area contributed by atoms with Crippen LogP contribution >= 0.6 is 27.5 Å². The van der Waals surface area contributed by atoms with Crippen molar-refractivity contribution in [2.45, 2.75) is 6.92 Å². The predicted molar refractivity (Wildman–Crippen MR) is 98.5 cm³/mol. The standard InChI is InChI=1S/C18H14BrClO4/c1-9-12-7-11(19)8-13(20)17(12)24-18(21)16(9)10-4-5-14(22-2)15(6-10)23-3/h4-8H,1-3H3. The summed E-state index contributed by atoms with van der Waals surface area (Å²) >= 11 is 9.61. The molecule has 0 saturated heterocycles. The van der Waals surface area contributed by atoms with Crippen LogP contribution in [-0.4, -0.2) is 14.2 Å². The van der Waals surface area contributed by atoms with E-state index in [2.05, 4.69) is 15.9 Å². The van der Waals surface area contributed by atoms with Crippen LogP contribution < -0.4 is 15.1 Å². The molecule has 3 aromatic rings. The number of halogens is 2. The highest BCUT2D eigenvalue weighted by atomic mass is 79.9. The Hall–Kier alpha value is -1.98. The molecular formula is C18H14BrClO4. The highest BCUT2D eigenvalue weighted by Gasteiger charge is 2.17. The minimum absolute atomic E-state index is 0.381. The average molecular weight is 410 g/mol. The molecule has 0 amide bonds. The first-order chi connectivity index (χ1) is 11.5. The lowest BCUT2D eigenvalue weighted by Gasteiger charge is -2.12. The molecule has 3 rings (SSSR count). The van der Waals surface area contributed by atoms with E-state index in [9.17, 15) is 4.79 Å². The van der Waals surface area contributed by atoms with E-state index in [0.29, 0.717) is 33.2 Å². The van der Waals surface area contributed by atoms with Crippen LogP contribution in [0.5, 0.6) is 11.5 Å². The zero-order valence-electron chi connectivity index (χ0n) is 13.3. The first kappa shape index (κ1) is 16.9. The van der Waals surface area contributed by atoms with Gasteiger partial charge in [0.15, 0.2) is 17.1 Å². The SMILES string of the molecule is COc1ccc(-c2c(C)c3cc(Br)cc(Cl)c3oc2=O)cc1OC. The van der Waals surface area contributed by atoms with Crippen LogP contribution in [0.25, 0.3) is 22.1 Å². The van der Waals surface area contributed by atoms with Gasteiger partial charge in [-0.05, 0) is 42.3 Å². The van der Waals surface area contributed by atoms with Crippen molar-refractivity contribution >= 4 is 38.5 Å². The third-order valence-corrected chi connectivity index (χ3v) is 4.60. The molecule has 0 saturated carbocycles. The van der Waals surface area contributed by atoms with E-state index in [0.717, 1.165) is 15.4 Å². The number of hydrogen-bond donors (Lipinski definition) is 0. The fourth-order valence-corrected chi connectivity index (χ4v) is 3.55. The fraction of sp³-hybridized carbons (Fsp3) is 0.167. The summed E-state index contributed by atoms with van der Waals surface area (Å²) in [5, 5.41) is 1.16. The Kier molecular flexibility index (Phi) is 4.56. The molecule has 24 heavy (non-hydrogen) atoms. The van der Waals surface area contributed by atoms with Crippen LogP contribution in [0.4, 0.5) is 0 Å². The topological polar surface area (TPSA) is 48.7 Å². The van der Waals surface area contributed by atoms with Gasteiger partial charge in [0.05, 0.1) is 24.8 Å². The molecule has 0 unspecified atom stereocenters. The molecule has 2 aromatic carbocycles. The van der Waals surface area contributed by atoms with Crippen LogP contribution in [0.2, 0.25) is 5.02 Å². The van der Waals surface area contributed by atoms with Crippen molar-refractivity contribution in [2.75, 3.05) is 14.2 Å². The van der Waals surface area contributed by atoms with Gasteiger partial charge in [0.25, 0.3) is 0 Å². The van der Waals surface area contributed by atoms with Gasteiger partial charge in [0.2, 0.25) is 0 Å². The van der Waals surface area contributed by atoms with Gasteiger partial charge in [-0.1, -0.05) is 33.6 Å². The van der Waals surface area contributed by atoms with Crippen molar-refractivity contribution in [3.05, 3.63) is 55.8 Å². The summed E-state index contributed by atoms with van der Waals surface area (Å²) in [7, 11) is 3.11. The van der Waals surface area contributed by atoms with Gasteiger partial charge >= 0.3 is 5.63 Å². The van der Waals surface area contributed by atoms with Crippen LogP contribution in [0.1, 0.15) is 5.56 Å². The molecule has 124 valence electrons. The largest absolute Gasteiger partial charge is 0.493 e. The van der Waals surface area contributed by atoms with Crippen LogP contribution in [0.15, 0.2) is 44.0 Å². The summed E-state index contributed by atoms with van der Waals surface area (Å²) < 4.78 is 16.8. The van der Waals surface area contributed by atoms with E-state index >= 15 is 0 Å². The number of hydrogen-bond acceptors (Lipinski definition) is 4. The summed E-state index contributed by atoms with van der Waals surface area (Å²) in [4.78, 5) is 12.5. The minimum Gasteiger partial charge on any atom is -0.493 e. The number of rotatable bonds is 3. The van der Waals surface area contributed by atoms with Crippen molar-refractivity contribution < 1.29 is 13.9 Å². The molecular weight excluding hydrogens is 396 g/mol. The Bertz CT molecular complexity index is 994. The maximum absolute atomic E-state index is 12.5. The molecule has 0 aliphatic heterocycles. The average Bonchev–Trinajstić information content (AvgIpc) is 2.56. The summed E-state index contributed by atoms with van der Waals surface area (Å²) in [6.07, 6.45) is 0. The minimum atomic E-state index is -0.448. The molecule has 1 heterocycles. The Morgan fingerprint density at radius 2 is 1.79 bits per heavy atom. The third kappa shape index (κ3) is 2.78. The van der Waals surface area contributed by atoms with Gasteiger partial charge in [0, 0.05) is 9.86 Å². The van der Waals surface area contributed by atoms with Gasteiger partial charge < -0.3 is 13.9 Å². The van der Waals surface area contributed by atoms with Crippen molar-refractivity contribution in [3.63, 3.8) is 0 Å².